The molecule has 7 heteroatoms. The Morgan fingerprint density at radius 3 is 2.46 bits per heavy atom. The van der Waals surface area contributed by atoms with E-state index in [0.29, 0.717) is 32.5 Å². The third-order valence-electron chi connectivity index (χ3n) is 4.44. The van der Waals surface area contributed by atoms with E-state index >= 15 is 0 Å². The first-order valence-corrected chi connectivity index (χ1v) is 10.4. The SMILES string of the molecule is CCS(=O)(=O)N1CCC(C(=O)NCCCc2ccc(Cl)cc2)CC1. The van der Waals surface area contributed by atoms with Gasteiger partial charge in [0.1, 0.15) is 0 Å². The molecule has 24 heavy (non-hydrogen) atoms. The van der Waals surface area contributed by atoms with Crippen LogP contribution in [0, 0.1) is 5.92 Å². The third-order valence-corrected chi connectivity index (χ3v) is 6.57. The van der Waals surface area contributed by atoms with Gasteiger partial charge in [0.15, 0.2) is 0 Å². The molecule has 134 valence electrons. The van der Waals surface area contributed by atoms with Crippen LogP contribution in [0.25, 0.3) is 0 Å². The number of rotatable bonds is 7. The summed E-state index contributed by atoms with van der Waals surface area (Å²) < 4.78 is 25.1. The van der Waals surface area contributed by atoms with Crippen LogP contribution in [0.3, 0.4) is 0 Å². The normalized spacial score (nSPS) is 16.9. The van der Waals surface area contributed by atoms with Crippen molar-refractivity contribution in [2.45, 2.75) is 32.6 Å². The predicted molar refractivity (Wildman–Crippen MR) is 96.5 cm³/mol. The minimum Gasteiger partial charge on any atom is -0.356 e. The minimum atomic E-state index is -3.13. The second kappa shape index (κ2) is 8.83. The molecule has 0 aliphatic carbocycles. The standard InChI is InChI=1S/C17H25ClN2O3S/c1-2-24(22,23)20-12-9-15(10-13-20)17(21)19-11-3-4-14-5-7-16(18)8-6-14/h5-8,15H,2-4,9-13H2,1H3,(H,19,21). The number of hydrogen-bond acceptors (Lipinski definition) is 3. The maximum atomic E-state index is 12.2. The molecule has 0 saturated carbocycles. The Balaban J connectivity index is 1.67. The summed E-state index contributed by atoms with van der Waals surface area (Å²) in [6.45, 7) is 3.17. The molecule has 2 rings (SSSR count). The van der Waals surface area contributed by atoms with Gasteiger partial charge in [-0.25, -0.2) is 12.7 Å². The Bertz CT molecular complexity index is 638. The van der Waals surface area contributed by atoms with Gasteiger partial charge in [-0.05, 0) is 50.3 Å². The van der Waals surface area contributed by atoms with Gasteiger partial charge in [-0.3, -0.25) is 4.79 Å². The van der Waals surface area contributed by atoms with Gasteiger partial charge < -0.3 is 5.32 Å². The molecule has 1 fully saturated rings. The average molecular weight is 373 g/mol. The zero-order chi connectivity index (χ0) is 17.6. The lowest BCUT2D eigenvalue weighted by molar-refractivity contribution is -0.126. The molecule has 1 N–H and O–H groups in total. The van der Waals surface area contributed by atoms with E-state index < -0.39 is 10.0 Å². The van der Waals surface area contributed by atoms with Crippen LogP contribution in [-0.2, 0) is 21.2 Å². The molecule has 0 bridgehead atoms. The molecule has 0 radical (unpaired) electrons. The van der Waals surface area contributed by atoms with E-state index in [1.165, 1.54) is 9.87 Å². The van der Waals surface area contributed by atoms with Crippen LogP contribution in [0.15, 0.2) is 24.3 Å². The number of hydrogen-bond donors (Lipinski definition) is 1. The maximum absolute atomic E-state index is 12.2. The predicted octanol–water partition coefficient (Wildman–Crippen LogP) is 2.45. The molecular formula is C17H25ClN2O3S. The van der Waals surface area contributed by atoms with Crippen LogP contribution < -0.4 is 5.32 Å². The molecule has 1 aromatic rings. The van der Waals surface area contributed by atoms with E-state index in [1.807, 2.05) is 24.3 Å². The summed E-state index contributed by atoms with van der Waals surface area (Å²) >= 11 is 5.85. The second-order valence-electron chi connectivity index (χ2n) is 6.09. The van der Waals surface area contributed by atoms with E-state index in [9.17, 15) is 13.2 Å². The van der Waals surface area contributed by atoms with Crippen molar-refractivity contribution in [3.63, 3.8) is 0 Å². The topological polar surface area (TPSA) is 66.5 Å². The van der Waals surface area contributed by atoms with Gasteiger partial charge in [0.25, 0.3) is 0 Å². The van der Waals surface area contributed by atoms with Gasteiger partial charge in [-0.15, -0.1) is 0 Å². The highest BCUT2D eigenvalue weighted by molar-refractivity contribution is 7.89. The first-order chi connectivity index (χ1) is 11.4. The van der Waals surface area contributed by atoms with E-state index in [2.05, 4.69) is 5.32 Å². The van der Waals surface area contributed by atoms with Crippen LogP contribution >= 0.6 is 11.6 Å². The molecule has 0 aromatic heterocycles. The van der Waals surface area contributed by atoms with E-state index in [0.717, 1.165) is 17.9 Å². The molecule has 1 aliphatic rings. The van der Waals surface area contributed by atoms with Gasteiger partial charge in [-0.2, -0.15) is 0 Å². The smallest absolute Gasteiger partial charge is 0.223 e. The first kappa shape index (κ1) is 19.2. The largest absolute Gasteiger partial charge is 0.356 e. The summed E-state index contributed by atoms with van der Waals surface area (Å²) in [6.07, 6.45) is 2.96. The summed E-state index contributed by atoms with van der Waals surface area (Å²) in [5, 5.41) is 3.69. The number of nitrogens with one attached hydrogen (secondary N) is 1. The van der Waals surface area contributed by atoms with Crippen molar-refractivity contribution in [1.29, 1.82) is 0 Å². The van der Waals surface area contributed by atoms with E-state index in [1.54, 1.807) is 6.92 Å². The summed E-state index contributed by atoms with van der Waals surface area (Å²) in [5.41, 5.74) is 1.20. The van der Waals surface area contributed by atoms with Crippen molar-refractivity contribution >= 4 is 27.5 Å². The molecule has 5 nitrogen and oxygen atoms in total. The van der Waals surface area contributed by atoms with Crippen molar-refractivity contribution in [3.05, 3.63) is 34.9 Å². The lowest BCUT2D eigenvalue weighted by Gasteiger charge is -2.30. The monoisotopic (exact) mass is 372 g/mol. The molecule has 1 heterocycles. The maximum Gasteiger partial charge on any atom is 0.223 e. The van der Waals surface area contributed by atoms with Crippen LogP contribution in [0.4, 0.5) is 0 Å². The second-order valence-corrected chi connectivity index (χ2v) is 8.79. The van der Waals surface area contributed by atoms with Crippen molar-refractivity contribution in [2.75, 3.05) is 25.4 Å². The molecule has 0 atom stereocenters. The highest BCUT2D eigenvalue weighted by Gasteiger charge is 2.29. The molecule has 0 spiro atoms. The Hall–Kier alpha value is -1.11. The molecule has 0 unspecified atom stereocenters. The van der Waals surface area contributed by atoms with E-state index in [-0.39, 0.29) is 17.6 Å². The van der Waals surface area contributed by atoms with Gasteiger partial charge >= 0.3 is 0 Å². The number of benzene rings is 1. The van der Waals surface area contributed by atoms with E-state index in [4.69, 9.17) is 11.6 Å². The fraction of sp³-hybridized carbons (Fsp3) is 0.588. The number of aryl methyl sites for hydroxylation is 1. The quantitative estimate of drug-likeness (QED) is 0.747. The number of amides is 1. The van der Waals surface area contributed by atoms with Crippen molar-refractivity contribution in [1.82, 2.24) is 9.62 Å². The van der Waals surface area contributed by atoms with Crippen molar-refractivity contribution in [3.8, 4) is 0 Å². The number of carbonyl (C=O) groups excluding carboxylic acids is 1. The Kier molecular flexibility index (Phi) is 7.07. The van der Waals surface area contributed by atoms with Crippen LogP contribution in [0.1, 0.15) is 31.7 Å². The van der Waals surface area contributed by atoms with Gasteiger partial charge in [0.2, 0.25) is 15.9 Å². The number of carbonyl (C=O) groups is 1. The minimum absolute atomic E-state index is 0.0413. The number of piperidine rings is 1. The van der Waals surface area contributed by atoms with Gasteiger partial charge in [0, 0.05) is 30.6 Å². The highest BCUT2D eigenvalue weighted by Crippen LogP contribution is 2.20. The summed E-state index contributed by atoms with van der Waals surface area (Å²) in [7, 11) is -3.13. The molecule has 1 saturated heterocycles. The molecular weight excluding hydrogens is 348 g/mol. The first-order valence-electron chi connectivity index (χ1n) is 8.42. The van der Waals surface area contributed by atoms with Crippen LogP contribution in [0.5, 0.6) is 0 Å². The zero-order valence-electron chi connectivity index (χ0n) is 14.0. The molecule has 1 amide bonds. The van der Waals surface area contributed by atoms with Crippen LogP contribution in [-0.4, -0.2) is 44.0 Å². The van der Waals surface area contributed by atoms with Gasteiger partial charge in [0.05, 0.1) is 5.75 Å². The fourth-order valence-corrected chi connectivity index (χ4v) is 4.14. The van der Waals surface area contributed by atoms with Gasteiger partial charge in [-0.1, -0.05) is 23.7 Å². The highest BCUT2D eigenvalue weighted by atomic mass is 35.5. The average Bonchev–Trinajstić information content (AvgIpc) is 2.60. The zero-order valence-corrected chi connectivity index (χ0v) is 15.6. The summed E-state index contributed by atoms with van der Waals surface area (Å²) in [6, 6.07) is 7.73. The number of nitrogens with zero attached hydrogens (tertiary/aromatic N) is 1. The van der Waals surface area contributed by atoms with Crippen molar-refractivity contribution < 1.29 is 13.2 Å². The number of halogens is 1. The molecule has 1 aromatic carbocycles. The molecule has 1 aliphatic heterocycles. The Labute approximate surface area is 149 Å². The van der Waals surface area contributed by atoms with Crippen LogP contribution in [0.2, 0.25) is 5.02 Å². The lowest BCUT2D eigenvalue weighted by Crippen LogP contribution is -2.43. The Morgan fingerprint density at radius 1 is 1.25 bits per heavy atom. The summed E-state index contributed by atoms with van der Waals surface area (Å²) in [4.78, 5) is 12.2. The lowest BCUT2D eigenvalue weighted by atomic mass is 9.97. The van der Waals surface area contributed by atoms with Crippen molar-refractivity contribution in [2.24, 2.45) is 5.92 Å². The Morgan fingerprint density at radius 2 is 1.88 bits per heavy atom. The fourth-order valence-electron chi connectivity index (χ4n) is 2.88. The third kappa shape index (κ3) is 5.46. The number of sulfonamides is 1. The summed E-state index contributed by atoms with van der Waals surface area (Å²) in [5.74, 6) is 0.0812.